The summed E-state index contributed by atoms with van der Waals surface area (Å²) in [6.07, 6.45) is -1.09. The van der Waals surface area contributed by atoms with Crippen LogP contribution in [-0.2, 0) is 10.1 Å². The number of hydrogen-bond acceptors (Lipinski definition) is 3. The molecule has 21 heavy (non-hydrogen) atoms. The summed E-state index contributed by atoms with van der Waals surface area (Å²) in [5.74, 6) is -0.636. The van der Waals surface area contributed by atoms with E-state index in [4.69, 9.17) is 4.55 Å². The van der Waals surface area contributed by atoms with Crippen LogP contribution in [0, 0.1) is 5.92 Å². The Bertz CT molecular complexity index is 523. The number of nitrogens with one attached hydrogen (secondary N) is 1. The summed E-state index contributed by atoms with van der Waals surface area (Å²) in [4.78, 5) is 0. The molecule has 0 saturated carbocycles. The highest BCUT2D eigenvalue weighted by Gasteiger charge is 2.38. The van der Waals surface area contributed by atoms with Crippen molar-refractivity contribution in [3.8, 4) is 0 Å². The predicted octanol–water partition coefficient (Wildman–Crippen LogP) is 2.70. The molecule has 0 aromatic heterocycles. The molecule has 0 spiro atoms. The van der Waals surface area contributed by atoms with Gasteiger partial charge in [0.2, 0.25) is 0 Å². The van der Waals surface area contributed by atoms with Crippen molar-refractivity contribution < 1.29 is 26.1 Å². The van der Waals surface area contributed by atoms with Crippen LogP contribution < -0.4 is 5.32 Å². The SMILES string of the molecule is CC1CC=CC(C(F)(F)F)=C1C(C)NCCCS(=O)(=O)O. The van der Waals surface area contributed by atoms with Crippen molar-refractivity contribution >= 4 is 10.1 Å². The summed E-state index contributed by atoms with van der Waals surface area (Å²) in [6, 6.07) is -0.511. The summed E-state index contributed by atoms with van der Waals surface area (Å²) < 4.78 is 68.8. The van der Waals surface area contributed by atoms with Crippen LogP contribution in [0.3, 0.4) is 0 Å². The van der Waals surface area contributed by atoms with E-state index < -0.39 is 33.7 Å². The third-order valence-electron chi connectivity index (χ3n) is 3.42. The first-order chi connectivity index (χ1) is 9.52. The van der Waals surface area contributed by atoms with Crippen LogP contribution >= 0.6 is 0 Å². The van der Waals surface area contributed by atoms with Crippen LogP contribution in [0.15, 0.2) is 23.3 Å². The number of allylic oxidation sites excluding steroid dienone is 3. The Balaban J connectivity index is 2.75. The third kappa shape index (κ3) is 5.80. The van der Waals surface area contributed by atoms with Gasteiger partial charge in [-0.1, -0.05) is 19.1 Å². The first kappa shape index (κ1) is 18.2. The molecule has 0 aromatic rings. The molecular formula is C13H20F3NO3S. The van der Waals surface area contributed by atoms with Crippen LogP contribution in [-0.4, -0.2) is 37.5 Å². The molecule has 0 radical (unpaired) electrons. The molecule has 0 bridgehead atoms. The summed E-state index contributed by atoms with van der Waals surface area (Å²) in [6.45, 7) is 3.58. The summed E-state index contributed by atoms with van der Waals surface area (Å²) >= 11 is 0. The van der Waals surface area contributed by atoms with E-state index in [1.807, 2.05) is 0 Å². The molecule has 0 heterocycles. The second kappa shape index (κ2) is 6.93. The Morgan fingerprint density at radius 3 is 2.62 bits per heavy atom. The monoisotopic (exact) mass is 327 g/mol. The molecule has 2 unspecified atom stereocenters. The fraction of sp³-hybridized carbons (Fsp3) is 0.692. The lowest BCUT2D eigenvalue weighted by molar-refractivity contribution is -0.0900. The minimum absolute atomic E-state index is 0.141. The molecule has 4 nitrogen and oxygen atoms in total. The van der Waals surface area contributed by atoms with E-state index in [1.54, 1.807) is 13.8 Å². The molecule has 1 rings (SSSR count). The fourth-order valence-electron chi connectivity index (χ4n) is 2.48. The first-order valence-electron chi connectivity index (χ1n) is 6.68. The average molecular weight is 327 g/mol. The molecule has 2 N–H and O–H groups in total. The zero-order valence-electron chi connectivity index (χ0n) is 11.9. The van der Waals surface area contributed by atoms with E-state index >= 15 is 0 Å². The van der Waals surface area contributed by atoms with Gasteiger partial charge in [0.15, 0.2) is 0 Å². The lowest BCUT2D eigenvalue weighted by Crippen LogP contribution is -2.35. The Hall–Kier alpha value is -0.860. The lowest BCUT2D eigenvalue weighted by atomic mass is 9.84. The molecule has 0 aliphatic heterocycles. The third-order valence-corrected chi connectivity index (χ3v) is 4.22. The molecule has 0 saturated heterocycles. The molecule has 1 aliphatic carbocycles. The van der Waals surface area contributed by atoms with Gasteiger partial charge in [-0.05, 0) is 37.8 Å². The number of alkyl halides is 3. The van der Waals surface area contributed by atoms with Crippen LogP contribution in [0.2, 0.25) is 0 Å². The van der Waals surface area contributed by atoms with Crippen LogP contribution in [0.5, 0.6) is 0 Å². The number of hydrogen-bond donors (Lipinski definition) is 2. The lowest BCUT2D eigenvalue weighted by Gasteiger charge is -2.29. The summed E-state index contributed by atoms with van der Waals surface area (Å²) in [7, 11) is -4.03. The minimum atomic E-state index is -4.40. The van der Waals surface area contributed by atoms with Crippen molar-refractivity contribution in [1.29, 1.82) is 0 Å². The van der Waals surface area contributed by atoms with Gasteiger partial charge in [0.05, 0.1) is 11.3 Å². The Labute approximate surface area is 122 Å². The van der Waals surface area contributed by atoms with Crippen LogP contribution in [0.1, 0.15) is 26.7 Å². The minimum Gasteiger partial charge on any atom is -0.310 e. The van der Waals surface area contributed by atoms with Gasteiger partial charge in [0.25, 0.3) is 10.1 Å². The van der Waals surface area contributed by atoms with Gasteiger partial charge in [0.1, 0.15) is 0 Å². The van der Waals surface area contributed by atoms with E-state index in [1.165, 1.54) is 6.08 Å². The van der Waals surface area contributed by atoms with Crippen LogP contribution in [0.4, 0.5) is 13.2 Å². The maximum Gasteiger partial charge on any atom is 0.416 e. The molecule has 0 fully saturated rings. The van der Waals surface area contributed by atoms with E-state index in [-0.39, 0.29) is 24.5 Å². The fourth-order valence-corrected chi connectivity index (χ4v) is 2.99. The van der Waals surface area contributed by atoms with Gasteiger partial charge in [-0.2, -0.15) is 21.6 Å². The zero-order chi connectivity index (χ0) is 16.3. The molecule has 0 aromatic carbocycles. The first-order valence-corrected chi connectivity index (χ1v) is 8.29. The molecule has 2 atom stereocenters. The van der Waals surface area contributed by atoms with Crippen molar-refractivity contribution in [2.24, 2.45) is 5.92 Å². The highest BCUT2D eigenvalue weighted by atomic mass is 32.2. The van der Waals surface area contributed by atoms with Crippen molar-refractivity contribution in [2.75, 3.05) is 12.3 Å². The van der Waals surface area contributed by atoms with Crippen molar-refractivity contribution in [1.82, 2.24) is 5.32 Å². The van der Waals surface area contributed by atoms with Crippen LogP contribution in [0.25, 0.3) is 0 Å². The molecular weight excluding hydrogens is 307 g/mol. The Kier molecular flexibility index (Phi) is 6.01. The molecule has 8 heteroatoms. The standard InChI is InChI=1S/C13H20F3NO3S/c1-9-5-3-6-11(13(14,15)16)12(9)10(2)17-7-4-8-21(18,19)20/h3,6,9-10,17H,4-5,7-8H2,1-2H3,(H,18,19,20). The number of halogens is 3. The molecule has 1 aliphatic rings. The maximum atomic E-state index is 13.0. The molecule has 122 valence electrons. The van der Waals surface area contributed by atoms with E-state index in [0.29, 0.717) is 6.42 Å². The Morgan fingerprint density at radius 2 is 2.10 bits per heavy atom. The maximum absolute atomic E-state index is 13.0. The predicted molar refractivity (Wildman–Crippen MR) is 74.5 cm³/mol. The van der Waals surface area contributed by atoms with Gasteiger partial charge in [-0.15, -0.1) is 0 Å². The second-order valence-corrected chi connectivity index (χ2v) is 6.79. The van der Waals surface area contributed by atoms with Crippen molar-refractivity contribution in [2.45, 2.75) is 38.9 Å². The zero-order valence-corrected chi connectivity index (χ0v) is 12.8. The van der Waals surface area contributed by atoms with Gasteiger partial charge in [0, 0.05) is 6.04 Å². The smallest absolute Gasteiger partial charge is 0.310 e. The van der Waals surface area contributed by atoms with Gasteiger partial charge in [-0.3, -0.25) is 4.55 Å². The highest BCUT2D eigenvalue weighted by molar-refractivity contribution is 7.85. The van der Waals surface area contributed by atoms with Gasteiger partial charge < -0.3 is 5.32 Å². The Morgan fingerprint density at radius 1 is 1.48 bits per heavy atom. The highest BCUT2D eigenvalue weighted by Crippen LogP contribution is 2.37. The summed E-state index contributed by atoms with van der Waals surface area (Å²) in [5.41, 5.74) is -0.340. The van der Waals surface area contributed by atoms with Crippen molar-refractivity contribution in [3.63, 3.8) is 0 Å². The van der Waals surface area contributed by atoms with Gasteiger partial charge >= 0.3 is 6.18 Å². The quantitative estimate of drug-likeness (QED) is 0.581. The van der Waals surface area contributed by atoms with E-state index in [2.05, 4.69) is 5.32 Å². The second-order valence-electron chi connectivity index (χ2n) is 5.22. The van der Waals surface area contributed by atoms with Gasteiger partial charge in [-0.25, -0.2) is 0 Å². The number of rotatable bonds is 6. The van der Waals surface area contributed by atoms with Crippen molar-refractivity contribution in [3.05, 3.63) is 23.3 Å². The summed E-state index contributed by atoms with van der Waals surface area (Å²) in [5, 5.41) is 2.89. The van der Waals surface area contributed by atoms with E-state index in [9.17, 15) is 21.6 Å². The largest absolute Gasteiger partial charge is 0.416 e. The van der Waals surface area contributed by atoms with E-state index in [0.717, 1.165) is 6.08 Å². The normalized spacial score (nSPS) is 21.7. The topological polar surface area (TPSA) is 66.4 Å². The molecule has 0 amide bonds. The average Bonchev–Trinajstić information content (AvgIpc) is 2.31.